The van der Waals surface area contributed by atoms with Crippen molar-refractivity contribution in [1.82, 2.24) is 15.5 Å². The number of carbonyl (C=O) groups excluding carboxylic acids is 1. The van der Waals surface area contributed by atoms with Crippen LogP contribution in [-0.4, -0.2) is 27.4 Å². The van der Waals surface area contributed by atoms with Crippen LogP contribution in [0.25, 0.3) is 0 Å². The standard InChI is InChI=1S/C19H25N3O2S/c1-14(18(23)20-16-11-7-2-3-8-12-16)25-19-22-21-17(24-19)13-15-9-5-4-6-10-15/h4-6,9-10,14,16H,2-3,7-8,11-13H2,1H3,(H,20,23)/t14-/m0/s1. The summed E-state index contributed by atoms with van der Waals surface area (Å²) in [5.74, 6) is 0.629. The molecule has 0 spiro atoms. The van der Waals surface area contributed by atoms with E-state index in [1.807, 2.05) is 37.3 Å². The summed E-state index contributed by atoms with van der Waals surface area (Å²) in [6.45, 7) is 1.89. The number of hydrogen-bond donors (Lipinski definition) is 1. The smallest absolute Gasteiger partial charge is 0.277 e. The molecule has 5 nitrogen and oxygen atoms in total. The van der Waals surface area contributed by atoms with E-state index in [9.17, 15) is 4.79 Å². The van der Waals surface area contributed by atoms with Gasteiger partial charge in [0.25, 0.3) is 5.22 Å². The van der Waals surface area contributed by atoms with Crippen LogP contribution < -0.4 is 5.32 Å². The number of benzene rings is 1. The number of hydrogen-bond acceptors (Lipinski definition) is 5. The molecule has 1 atom stereocenters. The van der Waals surface area contributed by atoms with Crippen LogP contribution in [0.2, 0.25) is 0 Å². The fourth-order valence-electron chi connectivity index (χ4n) is 3.07. The average Bonchev–Trinajstić information content (AvgIpc) is 2.89. The predicted molar refractivity (Wildman–Crippen MR) is 98.5 cm³/mol. The Morgan fingerprint density at radius 3 is 2.64 bits per heavy atom. The number of thioether (sulfide) groups is 1. The quantitative estimate of drug-likeness (QED) is 0.624. The van der Waals surface area contributed by atoms with E-state index < -0.39 is 0 Å². The highest BCUT2D eigenvalue weighted by atomic mass is 32.2. The molecule has 0 unspecified atom stereocenters. The van der Waals surface area contributed by atoms with Crippen molar-refractivity contribution in [3.63, 3.8) is 0 Å². The molecular weight excluding hydrogens is 334 g/mol. The lowest BCUT2D eigenvalue weighted by atomic mass is 10.1. The second-order valence-electron chi connectivity index (χ2n) is 6.58. The number of rotatable bonds is 6. The first-order valence-electron chi connectivity index (χ1n) is 9.04. The van der Waals surface area contributed by atoms with Gasteiger partial charge in [0.1, 0.15) is 0 Å². The Morgan fingerprint density at radius 2 is 1.92 bits per heavy atom. The van der Waals surface area contributed by atoms with Crippen LogP contribution in [-0.2, 0) is 11.2 Å². The number of nitrogens with one attached hydrogen (secondary N) is 1. The van der Waals surface area contributed by atoms with Crippen molar-refractivity contribution < 1.29 is 9.21 Å². The highest BCUT2D eigenvalue weighted by Crippen LogP contribution is 2.24. The van der Waals surface area contributed by atoms with E-state index in [2.05, 4.69) is 15.5 Å². The second-order valence-corrected chi connectivity index (χ2v) is 7.87. The fraction of sp³-hybridized carbons (Fsp3) is 0.526. The SMILES string of the molecule is C[C@H](Sc1nnc(Cc2ccccc2)o1)C(=O)NC1CCCCCC1. The molecule has 134 valence electrons. The molecule has 0 saturated heterocycles. The Balaban J connectivity index is 1.50. The zero-order valence-corrected chi connectivity index (χ0v) is 15.4. The van der Waals surface area contributed by atoms with Crippen molar-refractivity contribution >= 4 is 17.7 Å². The zero-order valence-electron chi connectivity index (χ0n) is 14.6. The van der Waals surface area contributed by atoms with Gasteiger partial charge in [0.15, 0.2) is 0 Å². The van der Waals surface area contributed by atoms with Gasteiger partial charge in [-0.05, 0) is 25.3 Å². The maximum atomic E-state index is 12.4. The lowest BCUT2D eigenvalue weighted by Gasteiger charge is -2.18. The van der Waals surface area contributed by atoms with Gasteiger partial charge in [0.2, 0.25) is 11.8 Å². The van der Waals surface area contributed by atoms with Gasteiger partial charge >= 0.3 is 0 Å². The lowest BCUT2D eigenvalue weighted by Crippen LogP contribution is -2.39. The van der Waals surface area contributed by atoms with Gasteiger partial charge in [0, 0.05) is 6.04 Å². The molecule has 0 radical (unpaired) electrons. The summed E-state index contributed by atoms with van der Waals surface area (Å²) in [6.07, 6.45) is 7.76. The topological polar surface area (TPSA) is 68.0 Å². The largest absolute Gasteiger partial charge is 0.416 e. The van der Waals surface area contributed by atoms with E-state index in [1.54, 1.807) is 0 Å². The number of aromatic nitrogens is 2. The third-order valence-corrected chi connectivity index (χ3v) is 5.43. The Morgan fingerprint density at radius 1 is 1.20 bits per heavy atom. The number of carbonyl (C=O) groups is 1. The van der Waals surface area contributed by atoms with Crippen LogP contribution in [0.1, 0.15) is 56.9 Å². The third-order valence-electron chi connectivity index (χ3n) is 4.49. The summed E-state index contributed by atoms with van der Waals surface area (Å²) in [6, 6.07) is 10.3. The van der Waals surface area contributed by atoms with Crippen LogP contribution in [0.3, 0.4) is 0 Å². The molecule has 25 heavy (non-hydrogen) atoms. The molecule has 1 heterocycles. The van der Waals surface area contributed by atoms with Gasteiger partial charge in [-0.25, -0.2) is 0 Å². The number of nitrogens with zero attached hydrogens (tertiary/aromatic N) is 2. The van der Waals surface area contributed by atoms with Gasteiger partial charge in [0.05, 0.1) is 11.7 Å². The molecule has 1 aliphatic carbocycles. The van der Waals surface area contributed by atoms with Crippen LogP contribution in [0.5, 0.6) is 0 Å². The van der Waals surface area contributed by atoms with Crippen molar-refractivity contribution in [2.24, 2.45) is 0 Å². The van der Waals surface area contributed by atoms with E-state index in [-0.39, 0.29) is 11.2 Å². The van der Waals surface area contributed by atoms with E-state index in [1.165, 1.54) is 37.4 Å². The first-order valence-corrected chi connectivity index (χ1v) is 9.92. The van der Waals surface area contributed by atoms with E-state index in [0.29, 0.717) is 23.6 Å². The average molecular weight is 359 g/mol. The molecule has 0 bridgehead atoms. The minimum Gasteiger partial charge on any atom is -0.416 e. The number of amides is 1. The second kappa shape index (κ2) is 9.04. The Labute approximate surface area is 153 Å². The van der Waals surface area contributed by atoms with Gasteiger partial charge < -0.3 is 9.73 Å². The molecule has 1 saturated carbocycles. The first kappa shape index (κ1) is 18.0. The molecule has 2 aromatic rings. The van der Waals surface area contributed by atoms with Crippen molar-refractivity contribution in [3.8, 4) is 0 Å². The van der Waals surface area contributed by atoms with Crippen molar-refractivity contribution in [2.75, 3.05) is 0 Å². The van der Waals surface area contributed by atoms with Gasteiger partial charge in [-0.15, -0.1) is 10.2 Å². The summed E-state index contributed by atoms with van der Waals surface area (Å²) in [5.41, 5.74) is 1.13. The normalized spacial score (nSPS) is 17.0. The van der Waals surface area contributed by atoms with Crippen LogP contribution in [0.15, 0.2) is 40.0 Å². The summed E-state index contributed by atoms with van der Waals surface area (Å²) >= 11 is 1.32. The van der Waals surface area contributed by atoms with Gasteiger partial charge in [-0.2, -0.15) is 0 Å². The monoisotopic (exact) mass is 359 g/mol. The van der Waals surface area contributed by atoms with Crippen LogP contribution >= 0.6 is 11.8 Å². The summed E-state index contributed by atoms with van der Waals surface area (Å²) in [4.78, 5) is 12.4. The molecule has 6 heteroatoms. The summed E-state index contributed by atoms with van der Waals surface area (Å²) in [7, 11) is 0. The van der Waals surface area contributed by atoms with Crippen molar-refractivity contribution in [3.05, 3.63) is 41.8 Å². The minimum absolute atomic E-state index is 0.0553. The Kier molecular flexibility index (Phi) is 6.50. The van der Waals surface area contributed by atoms with E-state index in [0.717, 1.165) is 18.4 Å². The molecule has 1 amide bonds. The van der Waals surface area contributed by atoms with Gasteiger partial charge in [-0.3, -0.25) is 4.79 Å². The summed E-state index contributed by atoms with van der Waals surface area (Å²) < 4.78 is 5.68. The Bertz CT molecular complexity index is 666. The minimum atomic E-state index is -0.242. The van der Waals surface area contributed by atoms with Crippen molar-refractivity contribution in [1.29, 1.82) is 0 Å². The maximum absolute atomic E-state index is 12.4. The third kappa shape index (κ3) is 5.59. The predicted octanol–water partition coefficient (Wildman–Crippen LogP) is 3.98. The molecule has 1 aliphatic rings. The van der Waals surface area contributed by atoms with Crippen LogP contribution in [0.4, 0.5) is 0 Å². The molecule has 1 aromatic heterocycles. The molecule has 1 aromatic carbocycles. The summed E-state index contributed by atoms with van der Waals surface area (Å²) in [5, 5.41) is 11.5. The molecule has 3 rings (SSSR count). The fourth-order valence-corrected chi connectivity index (χ4v) is 3.78. The molecular formula is C19H25N3O2S. The maximum Gasteiger partial charge on any atom is 0.277 e. The highest BCUT2D eigenvalue weighted by molar-refractivity contribution is 8.00. The Hall–Kier alpha value is -1.82. The zero-order chi connectivity index (χ0) is 17.5. The molecule has 1 fully saturated rings. The van der Waals surface area contributed by atoms with Gasteiger partial charge in [-0.1, -0.05) is 67.8 Å². The lowest BCUT2D eigenvalue weighted by molar-refractivity contribution is -0.121. The van der Waals surface area contributed by atoms with E-state index in [4.69, 9.17) is 4.42 Å². The van der Waals surface area contributed by atoms with Crippen molar-refractivity contribution in [2.45, 2.75) is 68.4 Å². The van der Waals surface area contributed by atoms with E-state index >= 15 is 0 Å². The first-order chi connectivity index (χ1) is 12.2. The van der Waals surface area contributed by atoms with Crippen LogP contribution in [0, 0.1) is 0 Å². The molecule has 0 aliphatic heterocycles. The highest BCUT2D eigenvalue weighted by Gasteiger charge is 2.21. The molecule has 1 N–H and O–H groups in total.